The molecular weight excluding hydrogens is 137 g/mol. The highest BCUT2D eigenvalue weighted by Gasteiger charge is 2.04. The maximum atomic E-state index is 11.6. The van der Waals surface area contributed by atoms with Gasteiger partial charge in [0.2, 0.25) is 0 Å². The minimum Gasteiger partial charge on any atom is -0.282 e. The van der Waals surface area contributed by atoms with Crippen molar-refractivity contribution in [2.24, 2.45) is 4.99 Å². The van der Waals surface area contributed by atoms with Crippen LogP contribution in [-0.4, -0.2) is 24.0 Å². The van der Waals surface area contributed by atoms with E-state index < -0.39 is 0 Å². The Hall–Kier alpha value is -0.0500. The predicted molar refractivity (Wildman–Crippen MR) is 40.0 cm³/mol. The summed E-state index contributed by atoms with van der Waals surface area (Å²) in [4.78, 5) is 4.19. The number of thioether (sulfide) groups is 1. The third-order valence-electron chi connectivity index (χ3n) is 1.17. The summed E-state index contributed by atoms with van der Waals surface area (Å²) < 4.78 is 11.6. The number of alkyl halides is 1. The summed E-state index contributed by atoms with van der Waals surface area (Å²) in [6.07, 6.45) is 1.49. The van der Waals surface area contributed by atoms with Gasteiger partial charge in [-0.1, -0.05) is 0 Å². The SMILES string of the molecule is FCCCC1=NCCS1. The highest BCUT2D eigenvalue weighted by atomic mass is 32.2. The molecule has 1 heterocycles. The molecule has 52 valence electrons. The molecule has 0 saturated carbocycles. The molecule has 0 aromatic carbocycles. The van der Waals surface area contributed by atoms with Gasteiger partial charge in [-0.25, -0.2) is 0 Å². The Kier molecular flexibility index (Phi) is 3.04. The summed E-state index contributed by atoms with van der Waals surface area (Å²) >= 11 is 1.77. The number of hydrogen-bond donors (Lipinski definition) is 0. The fraction of sp³-hybridized carbons (Fsp3) is 0.833. The van der Waals surface area contributed by atoms with E-state index in [1.807, 2.05) is 0 Å². The number of halogens is 1. The van der Waals surface area contributed by atoms with Crippen molar-refractivity contribution in [2.75, 3.05) is 19.0 Å². The van der Waals surface area contributed by atoms with Crippen LogP contribution in [0.1, 0.15) is 12.8 Å². The molecule has 0 aromatic rings. The normalized spacial score (nSPS) is 18.1. The molecule has 0 amide bonds. The molecule has 0 bridgehead atoms. The van der Waals surface area contributed by atoms with E-state index in [2.05, 4.69) is 4.99 Å². The van der Waals surface area contributed by atoms with Crippen LogP contribution in [-0.2, 0) is 0 Å². The lowest BCUT2D eigenvalue weighted by Gasteiger charge is -1.92. The second-order valence-corrected chi connectivity index (χ2v) is 3.08. The molecule has 1 nitrogen and oxygen atoms in total. The molecule has 0 atom stereocenters. The van der Waals surface area contributed by atoms with E-state index in [9.17, 15) is 4.39 Å². The molecule has 0 saturated heterocycles. The summed E-state index contributed by atoms with van der Waals surface area (Å²) in [7, 11) is 0. The first-order valence-electron chi connectivity index (χ1n) is 3.15. The Bertz CT molecular complexity index is 114. The van der Waals surface area contributed by atoms with Gasteiger partial charge in [0.1, 0.15) is 0 Å². The minimum atomic E-state index is -0.209. The predicted octanol–water partition coefficient (Wildman–Crippen LogP) is 1.88. The topological polar surface area (TPSA) is 12.4 Å². The van der Waals surface area contributed by atoms with E-state index in [0.29, 0.717) is 6.42 Å². The van der Waals surface area contributed by atoms with Crippen LogP contribution >= 0.6 is 11.8 Å². The summed E-state index contributed by atoms with van der Waals surface area (Å²) in [5.41, 5.74) is 0. The zero-order valence-electron chi connectivity index (χ0n) is 5.27. The Labute approximate surface area is 58.7 Å². The summed E-state index contributed by atoms with van der Waals surface area (Å²) in [5, 5.41) is 1.15. The monoisotopic (exact) mass is 147 g/mol. The van der Waals surface area contributed by atoms with E-state index in [0.717, 1.165) is 23.8 Å². The van der Waals surface area contributed by atoms with E-state index in [-0.39, 0.29) is 6.67 Å². The van der Waals surface area contributed by atoms with Gasteiger partial charge in [0.05, 0.1) is 11.7 Å². The van der Waals surface area contributed by atoms with Crippen molar-refractivity contribution in [1.82, 2.24) is 0 Å². The lowest BCUT2D eigenvalue weighted by Crippen LogP contribution is -1.88. The van der Waals surface area contributed by atoms with Gasteiger partial charge in [-0.15, -0.1) is 11.8 Å². The molecule has 0 unspecified atom stereocenters. The van der Waals surface area contributed by atoms with Crippen LogP contribution in [0.5, 0.6) is 0 Å². The van der Waals surface area contributed by atoms with Crippen molar-refractivity contribution in [1.29, 1.82) is 0 Å². The van der Waals surface area contributed by atoms with Crippen LogP contribution in [0, 0.1) is 0 Å². The van der Waals surface area contributed by atoms with Crippen molar-refractivity contribution in [3.63, 3.8) is 0 Å². The van der Waals surface area contributed by atoms with Gasteiger partial charge in [0, 0.05) is 12.3 Å². The van der Waals surface area contributed by atoms with Gasteiger partial charge in [-0.05, 0) is 12.8 Å². The third-order valence-corrected chi connectivity index (χ3v) is 2.23. The van der Waals surface area contributed by atoms with Crippen molar-refractivity contribution in [3.8, 4) is 0 Å². The first-order valence-corrected chi connectivity index (χ1v) is 4.14. The average Bonchev–Trinajstić information content (AvgIpc) is 2.34. The van der Waals surface area contributed by atoms with Gasteiger partial charge in [-0.3, -0.25) is 9.38 Å². The molecular formula is C6H10FNS. The molecule has 0 N–H and O–H groups in total. The maximum Gasteiger partial charge on any atom is 0.0898 e. The fourth-order valence-electron chi connectivity index (χ4n) is 0.749. The Balaban J connectivity index is 2.11. The van der Waals surface area contributed by atoms with Gasteiger partial charge in [-0.2, -0.15) is 0 Å². The van der Waals surface area contributed by atoms with Crippen molar-refractivity contribution in [3.05, 3.63) is 0 Å². The lowest BCUT2D eigenvalue weighted by molar-refractivity contribution is 0.479. The third kappa shape index (κ3) is 2.35. The van der Waals surface area contributed by atoms with Crippen LogP contribution in [0.15, 0.2) is 4.99 Å². The number of rotatable bonds is 3. The van der Waals surface area contributed by atoms with Gasteiger partial charge in [0.15, 0.2) is 0 Å². The molecule has 0 aromatic heterocycles. The smallest absolute Gasteiger partial charge is 0.0898 e. The molecule has 1 aliphatic heterocycles. The second kappa shape index (κ2) is 3.88. The second-order valence-electron chi connectivity index (χ2n) is 1.92. The molecule has 3 heteroatoms. The van der Waals surface area contributed by atoms with E-state index in [1.165, 1.54) is 0 Å². The Morgan fingerprint density at radius 2 is 2.56 bits per heavy atom. The van der Waals surface area contributed by atoms with Crippen molar-refractivity contribution in [2.45, 2.75) is 12.8 Å². The largest absolute Gasteiger partial charge is 0.282 e. The van der Waals surface area contributed by atoms with Crippen LogP contribution in [0.25, 0.3) is 0 Å². The van der Waals surface area contributed by atoms with Crippen molar-refractivity contribution < 1.29 is 4.39 Å². The van der Waals surface area contributed by atoms with Crippen molar-refractivity contribution >= 4 is 16.8 Å². The zero-order chi connectivity index (χ0) is 6.53. The summed E-state index contributed by atoms with van der Waals surface area (Å²) in [5.74, 6) is 1.10. The highest BCUT2D eigenvalue weighted by molar-refractivity contribution is 8.14. The van der Waals surface area contributed by atoms with Gasteiger partial charge >= 0.3 is 0 Å². The highest BCUT2D eigenvalue weighted by Crippen LogP contribution is 2.15. The van der Waals surface area contributed by atoms with E-state index >= 15 is 0 Å². The van der Waals surface area contributed by atoms with Crippen LogP contribution in [0.4, 0.5) is 4.39 Å². The Morgan fingerprint density at radius 3 is 3.11 bits per heavy atom. The molecule has 0 radical (unpaired) electrons. The molecule has 9 heavy (non-hydrogen) atoms. The average molecular weight is 147 g/mol. The summed E-state index contributed by atoms with van der Waals surface area (Å²) in [6.45, 7) is 0.728. The Morgan fingerprint density at radius 1 is 1.67 bits per heavy atom. The van der Waals surface area contributed by atoms with Crippen LogP contribution in [0.2, 0.25) is 0 Å². The summed E-state index contributed by atoms with van der Waals surface area (Å²) in [6, 6.07) is 0. The van der Waals surface area contributed by atoms with Gasteiger partial charge in [0.25, 0.3) is 0 Å². The maximum absolute atomic E-state index is 11.6. The first-order chi connectivity index (χ1) is 4.43. The minimum absolute atomic E-state index is 0.209. The number of aliphatic imine (C=N–C) groups is 1. The molecule has 0 spiro atoms. The number of hydrogen-bond acceptors (Lipinski definition) is 2. The van der Waals surface area contributed by atoms with Crippen LogP contribution in [0.3, 0.4) is 0 Å². The number of nitrogens with zero attached hydrogens (tertiary/aromatic N) is 1. The zero-order valence-corrected chi connectivity index (χ0v) is 6.09. The molecule has 1 rings (SSSR count). The molecule has 0 aliphatic carbocycles. The van der Waals surface area contributed by atoms with E-state index in [4.69, 9.17) is 0 Å². The standard InChI is InChI=1S/C6H10FNS/c7-3-1-2-6-8-4-5-9-6/h1-5H2. The van der Waals surface area contributed by atoms with Crippen LogP contribution < -0.4 is 0 Å². The molecule has 1 aliphatic rings. The fourth-order valence-corrected chi connectivity index (χ4v) is 1.64. The van der Waals surface area contributed by atoms with Gasteiger partial charge < -0.3 is 0 Å². The lowest BCUT2D eigenvalue weighted by atomic mass is 10.3. The first kappa shape index (κ1) is 7.06. The quantitative estimate of drug-likeness (QED) is 0.593. The molecule has 0 fully saturated rings. The van der Waals surface area contributed by atoms with E-state index in [1.54, 1.807) is 11.8 Å².